The van der Waals surface area contributed by atoms with Crippen LogP contribution in [0.4, 0.5) is 17.1 Å². The molecule has 3 unspecified atom stereocenters. The molecule has 3 aliphatic heterocycles. The third-order valence-electron chi connectivity index (χ3n) is 9.55. The van der Waals surface area contributed by atoms with E-state index in [9.17, 15) is 0 Å². The second kappa shape index (κ2) is 7.81. The van der Waals surface area contributed by atoms with Crippen molar-refractivity contribution in [1.29, 1.82) is 0 Å². The van der Waals surface area contributed by atoms with Crippen molar-refractivity contribution >= 4 is 44.3 Å². The summed E-state index contributed by atoms with van der Waals surface area (Å²) in [7, 11) is 0. The highest BCUT2D eigenvalue weighted by Crippen LogP contribution is 2.54. The predicted molar refractivity (Wildman–Crippen MR) is 170 cm³/mol. The highest BCUT2D eigenvalue weighted by molar-refractivity contribution is 6.17. The minimum Gasteiger partial charge on any atom is -0.279 e. The molecule has 0 amide bonds. The average Bonchev–Trinajstić information content (AvgIpc) is 3.37. The molecule has 3 heterocycles. The summed E-state index contributed by atoms with van der Waals surface area (Å²) in [4.78, 5) is 0. The number of para-hydroxylation sites is 1. The van der Waals surface area contributed by atoms with Gasteiger partial charge in [-0.05, 0) is 56.7 Å². The largest absolute Gasteiger partial charge is 0.279 e. The van der Waals surface area contributed by atoms with Crippen LogP contribution < -0.4 is 9.58 Å². The minimum atomic E-state index is 0.0829. The first kappa shape index (κ1) is 21.8. The van der Waals surface area contributed by atoms with Crippen LogP contribution in [0, 0.1) is 0 Å². The number of fused-ring (bicyclic) bond motifs is 9. The van der Waals surface area contributed by atoms with E-state index >= 15 is 0 Å². The van der Waals surface area contributed by atoms with Crippen LogP contribution in [0.3, 0.4) is 0 Å². The van der Waals surface area contributed by atoms with Gasteiger partial charge in [0, 0.05) is 18.2 Å². The Morgan fingerprint density at radius 2 is 1.37 bits per heavy atom. The van der Waals surface area contributed by atoms with Gasteiger partial charge in [0.05, 0.1) is 17.5 Å². The molecular formula is C38H26N3+. The molecule has 0 bridgehead atoms. The van der Waals surface area contributed by atoms with Crippen molar-refractivity contribution in [3.8, 4) is 0 Å². The molecule has 41 heavy (non-hydrogen) atoms. The van der Waals surface area contributed by atoms with Crippen molar-refractivity contribution in [2.75, 3.05) is 5.01 Å². The highest BCUT2D eigenvalue weighted by atomic mass is 15.7. The number of hydrazine groups is 1. The van der Waals surface area contributed by atoms with E-state index in [1.807, 2.05) is 0 Å². The summed E-state index contributed by atoms with van der Waals surface area (Å²) in [6, 6.07) is 29.5. The predicted octanol–water partition coefficient (Wildman–Crippen LogP) is 7.85. The van der Waals surface area contributed by atoms with Crippen LogP contribution in [0.15, 0.2) is 162 Å². The Labute approximate surface area is 238 Å². The maximum atomic E-state index is 2.66. The van der Waals surface area contributed by atoms with E-state index in [4.69, 9.17) is 0 Å². The van der Waals surface area contributed by atoms with Crippen LogP contribution in [0.1, 0.15) is 0 Å². The van der Waals surface area contributed by atoms with Gasteiger partial charge in [0.1, 0.15) is 5.69 Å². The Morgan fingerprint density at radius 1 is 0.610 bits per heavy atom. The lowest BCUT2D eigenvalue weighted by molar-refractivity contribution is 0.204. The number of hydrogen-bond donors (Lipinski definition) is 0. The molecule has 1 saturated heterocycles. The lowest BCUT2D eigenvalue weighted by Gasteiger charge is -2.53. The third-order valence-corrected chi connectivity index (χ3v) is 9.55. The van der Waals surface area contributed by atoms with Gasteiger partial charge in [-0.2, -0.15) is 9.58 Å². The summed E-state index contributed by atoms with van der Waals surface area (Å²) in [5.41, 5.74) is 10.6. The molecule has 3 heteroatoms. The number of allylic oxidation sites excluding steroid dienone is 6. The van der Waals surface area contributed by atoms with Crippen molar-refractivity contribution in [3.63, 3.8) is 0 Å². The molecule has 4 aromatic carbocycles. The summed E-state index contributed by atoms with van der Waals surface area (Å²) in [5.74, 6) is 0. The summed E-state index contributed by atoms with van der Waals surface area (Å²) < 4.78 is 2.53. The standard InChI is InChI=1S/C38H26N3/c1-2-12-27(13-3-1)39-34-19-9-17-31-30-16-8-15-29-28-14-6-7-18-33(28)40(36(29)30)41(38(31)34)35-21-20-26-22-24-10-4-5-11-25(24)23-32(26)37(35)39/h1-23,33,36,38H/q+1. The van der Waals surface area contributed by atoms with Gasteiger partial charge in [0.25, 0.3) is 0 Å². The highest BCUT2D eigenvalue weighted by Gasteiger charge is 2.57. The van der Waals surface area contributed by atoms with Gasteiger partial charge in [-0.3, -0.25) is 5.01 Å². The number of hydrogen-bond acceptors (Lipinski definition) is 2. The van der Waals surface area contributed by atoms with Crippen LogP contribution in [-0.2, 0) is 0 Å². The molecule has 0 aromatic heterocycles. The quantitative estimate of drug-likeness (QED) is 0.185. The zero-order valence-corrected chi connectivity index (χ0v) is 22.4. The van der Waals surface area contributed by atoms with Crippen molar-refractivity contribution in [2.45, 2.75) is 18.1 Å². The van der Waals surface area contributed by atoms with Gasteiger partial charge < -0.3 is 0 Å². The molecule has 192 valence electrons. The smallest absolute Gasteiger partial charge is 0.244 e. The molecule has 10 rings (SSSR count). The molecule has 0 N–H and O–H groups in total. The fourth-order valence-electron chi connectivity index (χ4n) is 7.93. The van der Waals surface area contributed by atoms with Gasteiger partial charge in [-0.25, -0.2) is 0 Å². The zero-order valence-electron chi connectivity index (χ0n) is 22.4. The van der Waals surface area contributed by atoms with Gasteiger partial charge in [0.2, 0.25) is 17.1 Å². The maximum Gasteiger partial charge on any atom is 0.244 e. The maximum absolute atomic E-state index is 2.66. The van der Waals surface area contributed by atoms with Gasteiger partial charge >= 0.3 is 0 Å². The number of nitrogens with zero attached hydrogens (tertiary/aromatic N) is 3. The lowest BCUT2D eigenvalue weighted by Crippen LogP contribution is -2.65. The molecule has 0 radical (unpaired) electrons. The van der Waals surface area contributed by atoms with E-state index in [0.717, 1.165) is 0 Å². The fourth-order valence-corrected chi connectivity index (χ4v) is 7.93. The summed E-state index contributed by atoms with van der Waals surface area (Å²) in [6.45, 7) is 0. The van der Waals surface area contributed by atoms with E-state index in [-0.39, 0.29) is 18.1 Å². The first-order valence-corrected chi connectivity index (χ1v) is 14.5. The van der Waals surface area contributed by atoms with Gasteiger partial charge in [0.15, 0.2) is 6.04 Å². The van der Waals surface area contributed by atoms with E-state index in [1.165, 1.54) is 66.6 Å². The fraction of sp³-hybridized carbons (Fsp3) is 0.0789. The zero-order chi connectivity index (χ0) is 26.7. The van der Waals surface area contributed by atoms with Gasteiger partial charge in [-0.1, -0.05) is 103 Å². The van der Waals surface area contributed by atoms with Crippen molar-refractivity contribution in [1.82, 2.24) is 9.58 Å². The minimum absolute atomic E-state index is 0.0829. The van der Waals surface area contributed by atoms with E-state index < -0.39 is 0 Å². The van der Waals surface area contributed by atoms with Crippen molar-refractivity contribution < 1.29 is 0 Å². The number of anilines is 1. The Balaban J connectivity index is 1.34. The number of benzene rings is 4. The van der Waals surface area contributed by atoms with Crippen molar-refractivity contribution in [2.24, 2.45) is 0 Å². The molecule has 4 aromatic rings. The van der Waals surface area contributed by atoms with Crippen LogP contribution >= 0.6 is 0 Å². The van der Waals surface area contributed by atoms with E-state index in [1.54, 1.807) is 0 Å². The summed E-state index contributed by atoms with van der Waals surface area (Å²) in [6.07, 6.45) is 23.0. The van der Waals surface area contributed by atoms with Gasteiger partial charge in [-0.15, -0.1) is 0 Å². The molecule has 3 nitrogen and oxygen atoms in total. The Morgan fingerprint density at radius 3 is 2.24 bits per heavy atom. The first-order valence-electron chi connectivity index (χ1n) is 14.5. The first-order chi connectivity index (χ1) is 20.4. The Kier molecular flexibility index (Phi) is 4.15. The van der Waals surface area contributed by atoms with Crippen LogP contribution in [0.25, 0.3) is 21.5 Å². The molecule has 0 saturated carbocycles. The normalized spacial score (nSPS) is 24.9. The molecule has 3 aliphatic carbocycles. The molecule has 0 spiro atoms. The Hall–Kier alpha value is -4.99. The van der Waals surface area contributed by atoms with Crippen LogP contribution in [-0.4, -0.2) is 28.8 Å². The van der Waals surface area contributed by atoms with Crippen molar-refractivity contribution in [3.05, 3.63) is 162 Å². The second-order valence-corrected chi connectivity index (χ2v) is 11.5. The van der Waals surface area contributed by atoms with Crippen LogP contribution in [0.2, 0.25) is 0 Å². The summed E-state index contributed by atoms with van der Waals surface area (Å²) in [5, 5.41) is 10.4. The lowest BCUT2D eigenvalue weighted by atomic mass is 9.79. The van der Waals surface area contributed by atoms with E-state index in [0.29, 0.717) is 0 Å². The molecule has 1 fully saturated rings. The Bertz CT molecular complexity index is 2120. The van der Waals surface area contributed by atoms with E-state index in [2.05, 4.69) is 154 Å². The summed E-state index contributed by atoms with van der Waals surface area (Å²) >= 11 is 0. The second-order valence-electron chi connectivity index (χ2n) is 11.5. The molecular weight excluding hydrogens is 498 g/mol. The number of rotatable bonds is 1. The monoisotopic (exact) mass is 524 g/mol. The molecule has 3 atom stereocenters. The third kappa shape index (κ3) is 2.74. The topological polar surface area (TPSA) is 9.49 Å². The van der Waals surface area contributed by atoms with Crippen LogP contribution in [0.5, 0.6) is 0 Å². The molecule has 6 aliphatic rings. The SMILES string of the molecule is C1=CC2=C3C=CC=C4C5=CC=CC6=[N+](c7ccccc7)c7c(ccc8cc9ccccc9cc78)N(C56)N(C2C=C1)C43. The average molecular weight is 525 g/mol.